The largest absolute Gasteiger partial charge is 0.454 e. The van der Waals surface area contributed by atoms with Crippen LogP contribution in [0.5, 0.6) is 11.5 Å². The molecule has 2 aliphatic heterocycles. The fourth-order valence-electron chi connectivity index (χ4n) is 3.17. The third-order valence-electron chi connectivity index (χ3n) is 4.54. The van der Waals surface area contributed by atoms with Crippen LogP contribution in [0.1, 0.15) is 23.2 Å². The molecule has 27 heavy (non-hydrogen) atoms. The summed E-state index contributed by atoms with van der Waals surface area (Å²) in [6.45, 7) is 1.01. The Kier molecular flexibility index (Phi) is 5.02. The Morgan fingerprint density at radius 1 is 1.26 bits per heavy atom. The Balaban J connectivity index is 1.39. The van der Waals surface area contributed by atoms with Crippen LogP contribution < -0.4 is 14.2 Å². The Labute approximate surface area is 165 Å². The Bertz CT molecular complexity index is 954. The summed E-state index contributed by atoms with van der Waals surface area (Å²) >= 11 is 7.33. The lowest BCUT2D eigenvalue weighted by molar-refractivity contribution is 0.0711. The van der Waals surface area contributed by atoms with E-state index < -0.39 is 10.0 Å². The van der Waals surface area contributed by atoms with Crippen LogP contribution in [0.15, 0.2) is 33.9 Å². The average Bonchev–Trinajstić information content (AvgIpc) is 3.33. The second-order valence-electron chi connectivity index (χ2n) is 6.31. The van der Waals surface area contributed by atoms with E-state index in [1.165, 1.54) is 11.3 Å². The molecule has 0 unspecified atom stereocenters. The molecule has 1 saturated heterocycles. The van der Waals surface area contributed by atoms with Gasteiger partial charge in [0.1, 0.15) is 4.21 Å². The van der Waals surface area contributed by atoms with Crippen LogP contribution in [-0.4, -0.2) is 45.1 Å². The lowest BCUT2D eigenvalue weighted by Crippen LogP contribution is -2.46. The molecule has 0 spiro atoms. The van der Waals surface area contributed by atoms with Crippen molar-refractivity contribution in [3.63, 3.8) is 0 Å². The summed E-state index contributed by atoms with van der Waals surface area (Å²) in [5, 5.41) is 2.07. The minimum Gasteiger partial charge on any atom is -0.454 e. The molecule has 3 heterocycles. The van der Waals surface area contributed by atoms with Gasteiger partial charge in [-0.05, 0) is 36.4 Å². The highest BCUT2D eigenvalue weighted by molar-refractivity contribution is 7.91. The number of nitrogens with one attached hydrogen (secondary N) is 1. The molecule has 1 fully saturated rings. The number of hydrogen-bond donors (Lipinski definition) is 1. The summed E-state index contributed by atoms with van der Waals surface area (Å²) in [6.07, 6.45) is 1.10. The van der Waals surface area contributed by atoms with Crippen molar-refractivity contribution in [2.45, 2.75) is 23.1 Å². The van der Waals surface area contributed by atoms with Gasteiger partial charge in [-0.15, -0.1) is 11.3 Å². The van der Waals surface area contributed by atoms with Gasteiger partial charge in [0.15, 0.2) is 11.5 Å². The molecule has 10 heteroatoms. The van der Waals surface area contributed by atoms with Crippen molar-refractivity contribution >= 4 is 38.9 Å². The molecular weight excluding hydrogens is 412 g/mol. The van der Waals surface area contributed by atoms with Crippen LogP contribution in [-0.2, 0) is 10.0 Å². The molecule has 2 aliphatic rings. The zero-order valence-electron chi connectivity index (χ0n) is 14.2. The second-order valence-corrected chi connectivity index (χ2v) is 9.61. The molecule has 0 radical (unpaired) electrons. The zero-order chi connectivity index (χ0) is 19.0. The minimum atomic E-state index is -3.50. The third-order valence-corrected chi connectivity index (χ3v) is 7.74. The van der Waals surface area contributed by atoms with Crippen LogP contribution >= 0.6 is 22.9 Å². The summed E-state index contributed by atoms with van der Waals surface area (Å²) < 4.78 is 38.2. The maximum absolute atomic E-state index is 12.8. The van der Waals surface area contributed by atoms with Crippen molar-refractivity contribution in [1.82, 2.24) is 9.62 Å². The first-order valence-corrected chi connectivity index (χ1v) is 11.1. The quantitative estimate of drug-likeness (QED) is 0.809. The molecule has 0 saturated carbocycles. The predicted molar refractivity (Wildman–Crippen MR) is 101 cm³/mol. The van der Waals surface area contributed by atoms with E-state index in [0.717, 1.165) is 0 Å². The standard InChI is InChI=1S/C17H17ClN2O5S2/c18-13-8-11(9-14-16(13)25-10-24-14)17(21)20-5-3-12(4-6-20)19-27(22,23)15-2-1-7-26-15/h1-2,7-9,12,19H,3-6,10H2. The van der Waals surface area contributed by atoms with E-state index in [0.29, 0.717) is 52.2 Å². The fourth-order valence-corrected chi connectivity index (χ4v) is 5.75. The number of carbonyl (C=O) groups excluding carboxylic acids is 1. The SMILES string of the molecule is O=C(c1cc(Cl)c2c(c1)OCO2)N1CCC(NS(=O)(=O)c2cccs2)CC1. The first-order valence-electron chi connectivity index (χ1n) is 8.38. The molecule has 2 aromatic rings. The minimum absolute atomic E-state index is 0.0858. The number of fused-ring (bicyclic) bond motifs is 1. The van der Waals surface area contributed by atoms with Gasteiger partial charge in [0, 0.05) is 24.7 Å². The van der Waals surface area contributed by atoms with E-state index in [2.05, 4.69) is 4.72 Å². The van der Waals surface area contributed by atoms with Crippen LogP contribution in [0.3, 0.4) is 0 Å². The molecule has 0 bridgehead atoms. The van der Waals surface area contributed by atoms with Gasteiger partial charge < -0.3 is 14.4 Å². The topological polar surface area (TPSA) is 84.9 Å². The molecule has 1 aromatic heterocycles. The smallest absolute Gasteiger partial charge is 0.254 e. The highest BCUT2D eigenvalue weighted by Crippen LogP contribution is 2.40. The number of amides is 1. The van der Waals surface area contributed by atoms with Crippen LogP contribution in [0.25, 0.3) is 0 Å². The maximum Gasteiger partial charge on any atom is 0.254 e. The molecule has 0 aliphatic carbocycles. The maximum atomic E-state index is 12.8. The zero-order valence-corrected chi connectivity index (χ0v) is 16.6. The van der Waals surface area contributed by atoms with Crippen LogP contribution in [0.4, 0.5) is 0 Å². The summed E-state index contributed by atoms with van der Waals surface area (Å²) in [5.41, 5.74) is 0.432. The number of piperidine rings is 1. The van der Waals surface area contributed by atoms with E-state index in [1.54, 1.807) is 34.5 Å². The second kappa shape index (κ2) is 7.31. The number of benzene rings is 1. The molecule has 1 N–H and O–H groups in total. The van der Waals surface area contributed by atoms with E-state index >= 15 is 0 Å². The van der Waals surface area contributed by atoms with Crippen molar-refractivity contribution in [3.05, 3.63) is 40.2 Å². The molecule has 4 rings (SSSR count). The van der Waals surface area contributed by atoms with Gasteiger partial charge in [-0.1, -0.05) is 17.7 Å². The van der Waals surface area contributed by atoms with Gasteiger partial charge >= 0.3 is 0 Å². The molecule has 1 amide bonds. The predicted octanol–water partition coefficient (Wildman–Crippen LogP) is 2.71. The number of hydrogen-bond acceptors (Lipinski definition) is 6. The van der Waals surface area contributed by atoms with Gasteiger partial charge in [0.2, 0.25) is 16.8 Å². The molecule has 7 nitrogen and oxygen atoms in total. The van der Waals surface area contributed by atoms with Gasteiger partial charge in [0.05, 0.1) is 5.02 Å². The highest BCUT2D eigenvalue weighted by atomic mass is 35.5. The van der Waals surface area contributed by atoms with E-state index in [1.807, 2.05) is 0 Å². The van der Waals surface area contributed by atoms with E-state index in [9.17, 15) is 13.2 Å². The Hall–Kier alpha value is -1.81. The number of carbonyl (C=O) groups is 1. The van der Waals surface area contributed by atoms with Crippen molar-refractivity contribution in [2.24, 2.45) is 0 Å². The van der Waals surface area contributed by atoms with Crippen molar-refractivity contribution in [2.75, 3.05) is 19.9 Å². The lowest BCUT2D eigenvalue weighted by Gasteiger charge is -2.32. The number of halogens is 1. The number of nitrogens with zero attached hydrogens (tertiary/aromatic N) is 1. The van der Waals surface area contributed by atoms with Crippen molar-refractivity contribution in [3.8, 4) is 11.5 Å². The number of sulfonamides is 1. The first kappa shape index (κ1) is 18.5. The monoisotopic (exact) mass is 428 g/mol. The summed E-state index contributed by atoms with van der Waals surface area (Å²) in [7, 11) is -3.50. The van der Waals surface area contributed by atoms with E-state index in [4.69, 9.17) is 21.1 Å². The van der Waals surface area contributed by atoms with Gasteiger partial charge in [-0.25, -0.2) is 13.1 Å². The van der Waals surface area contributed by atoms with Gasteiger partial charge in [-0.3, -0.25) is 4.79 Å². The van der Waals surface area contributed by atoms with Crippen molar-refractivity contribution < 1.29 is 22.7 Å². The van der Waals surface area contributed by atoms with Crippen LogP contribution in [0, 0.1) is 0 Å². The molecule has 1 aromatic carbocycles. The molecule has 144 valence electrons. The first-order chi connectivity index (χ1) is 12.9. The number of likely N-dealkylation sites (tertiary alicyclic amines) is 1. The summed E-state index contributed by atoms with van der Waals surface area (Å²) in [5.74, 6) is 0.758. The number of thiophene rings is 1. The van der Waals surface area contributed by atoms with Crippen LogP contribution in [0.2, 0.25) is 5.02 Å². The third kappa shape index (κ3) is 3.77. The highest BCUT2D eigenvalue weighted by Gasteiger charge is 2.29. The molecule has 0 atom stereocenters. The number of ether oxygens (including phenoxy) is 2. The number of rotatable bonds is 4. The van der Waals surface area contributed by atoms with E-state index in [-0.39, 0.29) is 18.7 Å². The fraction of sp³-hybridized carbons (Fsp3) is 0.353. The average molecular weight is 429 g/mol. The Morgan fingerprint density at radius 2 is 2.04 bits per heavy atom. The summed E-state index contributed by atoms with van der Waals surface area (Å²) in [6, 6.07) is 6.29. The lowest BCUT2D eigenvalue weighted by atomic mass is 10.0. The van der Waals surface area contributed by atoms with Gasteiger partial charge in [-0.2, -0.15) is 0 Å². The Morgan fingerprint density at radius 3 is 2.74 bits per heavy atom. The normalized spacial score (nSPS) is 17.3. The van der Waals surface area contributed by atoms with Crippen molar-refractivity contribution in [1.29, 1.82) is 0 Å². The van der Waals surface area contributed by atoms with Gasteiger partial charge in [0.25, 0.3) is 5.91 Å². The molecular formula is C17H17ClN2O5S2. The summed E-state index contributed by atoms with van der Waals surface area (Å²) in [4.78, 5) is 14.5.